The summed E-state index contributed by atoms with van der Waals surface area (Å²) in [5.41, 5.74) is 1.44. The molecule has 20 heavy (non-hydrogen) atoms. The fourth-order valence-electron chi connectivity index (χ4n) is 2.97. The van der Waals surface area contributed by atoms with Crippen LogP contribution >= 0.6 is 0 Å². The van der Waals surface area contributed by atoms with Crippen LogP contribution in [-0.4, -0.2) is 35.6 Å². The Labute approximate surface area is 121 Å². The summed E-state index contributed by atoms with van der Waals surface area (Å²) in [6.07, 6.45) is 6.08. The lowest BCUT2D eigenvalue weighted by molar-refractivity contribution is -0.137. The molecular weight excluding hydrogens is 250 g/mol. The number of rotatable bonds is 7. The summed E-state index contributed by atoms with van der Waals surface area (Å²) >= 11 is 0. The van der Waals surface area contributed by atoms with Gasteiger partial charge in [-0.3, -0.25) is 4.79 Å². The first-order valence-electron chi connectivity index (χ1n) is 7.72. The van der Waals surface area contributed by atoms with Gasteiger partial charge in [-0.1, -0.05) is 30.3 Å². The third-order valence-electron chi connectivity index (χ3n) is 4.26. The van der Waals surface area contributed by atoms with Crippen LogP contribution in [0.4, 0.5) is 0 Å². The van der Waals surface area contributed by atoms with Crippen LogP contribution in [0.5, 0.6) is 0 Å². The lowest BCUT2D eigenvalue weighted by Gasteiger charge is -2.31. The van der Waals surface area contributed by atoms with Gasteiger partial charge in [-0.2, -0.15) is 0 Å². The molecule has 0 unspecified atom stereocenters. The molecule has 1 aromatic rings. The van der Waals surface area contributed by atoms with Gasteiger partial charge < -0.3 is 10.0 Å². The highest BCUT2D eigenvalue weighted by Gasteiger charge is 2.18. The molecule has 110 valence electrons. The van der Waals surface area contributed by atoms with E-state index in [-0.39, 0.29) is 0 Å². The van der Waals surface area contributed by atoms with Gasteiger partial charge in [0.15, 0.2) is 0 Å². The third-order valence-corrected chi connectivity index (χ3v) is 4.26. The van der Waals surface area contributed by atoms with E-state index in [2.05, 4.69) is 35.2 Å². The van der Waals surface area contributed by atoms with Crippen LogP contribution in [0, 0.1) is 5.92 Å². The summed E-state index contributed by atoms with van der Waals surface area (Å²) < 4.78 is 0. The Bertz CT molecular complexity index is 397. The molecule has 1 aliphatic heterocycles. The highest BCUT2D eigenvalue weighted by atomic mass is 16.4. The number of aliphatic carboxylic acids is 1. The molecule has 0 aliphatic carbocycles. The highest BCUT2D eigenvalue weighted by molar-refractivity contribution is 5.66. The number of carbonyl (C=O) groups is 1. The molecule has 1 fully saturated rings. The van der Waals surface area contributed by atoms with Gasteiger partial charge in [-0.05, 0) is 63.2 Å². The Morgan fingerprint density at radius 1 is 1.20 bits per heavy atom. The summed E-state index contributed by atoms with van der Waals surface area (Å²) in [4.78, 5) is 12.9. The SMILES string of the molecule is O=C(O)CCCN1CCC(CCc2ccccc2)CC1. The van der Waals surface area contributed by atoms with Crippen LogP contribution in [-0.2, 0) is 11.2 Å². The zero-order valence-electron chi connectivity index (χ0n) is 12.1. The van der Waals surface area contributed by atoms with Crippen LogP contribution in [0.15, 0.2) is 30.3 Å². The van der Waals surface area contributed by atoms with E-state index in [0.29, 0.717) is 6.42 Å². The van der Waals surface area contributed by atoms with Gasteiger partial charge in [-0.25, -0.2) is 0 Å². The lowest BCUT2D eigenvalue weighted by Crippen LogP contribution is -2.34. The predicted octanol–water partition coefficient (Wildman–Crippen LogP) is 3.20. The number of carboxylic acids is 1. The lowest BCUT2D eigenvalue weighted by atomic mass is 9.90. The number of hydrogen-bond acceptors (Lipinski definition) is 2. The van der Waals surface area contributed by atoms with Crippen molar-refractivity contribution in [1.29, 1.82) is 0 Å². The minimum atomic E-state index is -0.678. The molecule has 1 aliphatic rings. The molecule has 1 N–H and O–H groups in total. The van der Waals surface area contributed by atoms with Gasteiger partial charge in [-0.15, -0.1) is 0 Å². The Morgan fingerprint density at radius 2 is 1.90 bits per heavy atom. The van der Waals surface area contributed by atoms with E-state index in [0.717, 1.165) is 32.0 Å². The average Bonchev–Trinajstić information content (AvgIpc) is 2.47. The third kappa shape index (κ3) is 5.33. The fraction of sp³-hybridized carbons (Fsp3) is 0.588. The molecule has 1 heterocycles. The summed E-state index contributed by atoms with van der Waals surface area (Å²) in [5, 5.41) is 8.64. The first kappa shape index (κ1) is 15.0. The van der Waals surface area contributed by atoms with Crippen molar-refractivity contribution in [2.75, 3.05) is 19.6 Å². The number of carboxylic acid groups (broad SMARTS) is 1. The molecule has 3 heteroatoms. The molecule has 1 aromatic carbocycles. The summed E-state index contributed by atoms with van der Waals surface area (Å²) in [5.74, 6) is 0.161. The largest absolute Gasteiger partial charge is 0.481 e. The average molecular weight is 275 g/mol. The van der Waals surface area contributed by atoms with Gasteiger partial charge in [0.05, 0.1) is 0 Å². The zero-order chi connectivity index (χ0) is 14.2. The van der Waals surface area contributed by atoms with Crippen molar-refractivity contribution in [3.8, 4) is 0 Å². The number of hydrogen-bond donors (Lipinski definition) is 1. The van der Waals surface area contributed by atoms with Crippen LogP contribution in [0.2, 0.25) is 0 Å². The number of piperidine rings is 1. The van der Waals surface area contributed by atoms with Crippen LogP contribution in [0.3, 0.4) is 0 Å². The second-order valence-corrected chi connectivity index (χ2v) is 5.81. The summed E-state index contributed by atoms with van der Waals surface area (Å²) in [6, 6.07) is 10.7. The number of nitrogens with zero attached hydrogens (tertiary/aromatic N) is 1. The molecule has 0 atom stereocenters. The maximum Gasteiger partial charge on any atom is 0.303 e. The van der Waals surface area contributed by atoms with Gasteiger partial charge in [0.2, 0.25) is 0 Å². The molecule has 1 saturated heterocycles. The second kappa shape index (κ2) is 8.05. The van der Waals surface area contributed by atoms with E-state index >= 15 is 0 Å². The Balaban J connectivity index is 1.61. The molecule has 0 amide bonds. The minimum absolute atomic E-state index is 0.300. The first-order chi connectivity index (χ1) is 9.74. The Hall–Kier alpha value is -1.35. The van der Waals surface area contributed by atoms with E-state index in [9.17, 15) is 4.79 Å². The number of benzene rings is 1. The number of likely N-dealkylation sites (tertiary alicyclic amines) is 1. The first-order valence-corrected chi connectivity index (χ1v) is 7.72. The van der Waals surface area contributed by atoms with Crippen molar-refractivity contribution in [1.82, 2.24) is 4.90 Å². The van der Waals surface area contributed by atoms with Crippen molar-refractivity contribution in [3.63, 3.8) is 0 Å². The Morgan fingerprint density at radius 3 is 2.55 bits per heavy atom. The van der Waals surface area contributed by atoms with E-state index < -0.39 is 5.97 Å². The molecule has 0 bridgehead atoms. The summed E-state index contributed by atoms with van der Waals surface area (Å²) in [6.45, 7) is 3.22. The van der Waals surface area contributed by atoms with Crippen LogP contribution < -0.4 is 0 Å². The van der Waals surface area contributed by atoms with E-state index in [1.54, 1.807) is 0 Å². The zero-order valence-corrected chi connectivity index (χ0v) is 12.1. The molecular formula is C17H25NO2. The maximum absolute atomic E-state index is 10.5. The number of aryl methyl sites for hydroxylation is 1. The maximum atomic E-state index is 10.5. The normalized spacial score (nSPS) is 17.2. The standard InChI is InChI=1S/C17H25NO2/c19-17(20)7-4-12-18-13-10-16(11-14-18)9-8-15-5-2-1-3-6-15/h1-3,5-6,16H,4,7-14H2,(H,19,20). The monoisotopic (exact) mass is 275 g/mol. The van der Waals surface area contributed by atoms with Gasteiger partial charge in [0.1, 0.15) is 0 Å². The Kier molecular flexibility index (Phi) is 6.06. The molecule has 0 spiro atoms. The van der Waals surface area contributed by atoms with E-state index in [1.807, 2.05) is 0 Å². The minimum Gasteiger partial charge on any atom is -0.481 e. The molecule has 0 aromatic heterocycles. The highest BCUT2D eigenvalue weighted by Crippen LogP contribution is 2.22. The van der Waals surface area contributed by atoms with Crippen molar-refractivity contribution in [2.45, 2.75) is 38.5 Å². The van der Waals surface area contributed by atoms with Crippen LogP contribution in [0.1, 0.15) is 37.7 Å². The van der Waals surface area contributed by atoms with Gasteiger partial charge in [0.25, 0.3) is 0 Å². The smallest absolute Gasteiger partial charge is 0.303 e. The second-order valence-electron chi connectivity index (χ2n) is 5.81. The van der Waals surface area contributed by atoms with Gasteiger partial charge in [0, 0.05) is 6.42 Å². The quantitative estimate of drug-likeness (QED) is 0.830. The molecule has 3 nitrogen and oxygen atoms in total. The summed E-state index contributed by atoms with van der Waals surface area (Å²) in [7, 11) is 0. The molecule has 2 rings (SSSR count). The van der Waals surface area contributed by atoms with Crippen molar-refractivity contribution in [3.05, 3.63) is 35.9 Å². The van der Waals surface area contributed by atoms with Gasteiger partial charge >= 0.3 is 5.97 Å². The predicted molar refractivity (Wildman–Crippen MR) is 80.8 cm³/mol. The van der Waals surface area contributed by atoms with Crippen LogP contribution in [0.25, 0.3) is 0 Å². The van der Waals surface area contributed by atoms with E-state index in [4.69, 9.17) is 5.11 Å². The van der Waals surface area contributed by atoms with Crippen molar-refractivity contribution in [2.24, 2.45) is 5.92 Å². The van der Waals surface area contributed by atoms with Crippen molar-refractivity contribution >= 4 is 5.97 Å². The topological polar surface area (TPSA) is 40.5 Å². The van der Waals surface area contributed by atoms with E-state index in [1.165, 1.54) is 31.2 Å². The fourth-order valence-corrected chi connectivity index (χ4v) is 2.97. The molecule has 0 saturated carbocycles. The molecule has 0 radical (unpaired) electrons. The van der Waals surface area contributed by atoms with Crippen molar-refractivity contribution < 1.29 is 9.90 Å².